The van der Waals surface area contributed by atoms with Gasteiger partial charge in [0.2, 0.25) is 11.7 Å². The number of furan rings is 1. The molecule has 1 amide bonds. The number of rotatable bonds is 5. The van der Waals surface area contributed by atoms with Gasteiger partial charge < -0.3 is 19.3 Å². The zero-order valence-corrected chi connectivity index (χ0v) is 10.2. The molecule has 2 rings (SSSR count). The van der Waals surface area contributed by atoms with E-state index in [0.29, 0.717) is 5.89 Å². The molecule has 0 unspecified atom stereocenters. The maximum atomic E-state index is 11.7. The van der Waals surface area contributed by atoms with Crippen molar-refractivity contribution in [3.8, 4) is 0 Å². The van der Waals surface area contributed by atoms with Gasteiger partial charge in [-0.3, -0.25) is 4.79 Å². The molecule has 0 spiro atoms. The molecule has 2 aromatic rings. The van der Waals surface area contributed by atoms with Crippen molar-refractivity contribution in [2.75, 3.05) is 0 Å². The first-order chi connectivity index (χ1) is 9.10. The van der Waals surface area contributed by atoms with Gasteiger partial charge in [0.1, 0.15) is 5.76 Å². The van der Waals surface area contributed by atoms with E-state index in [1.54, 1.807) is 6.20 Å². The molecule has 7 heteroatoms. The van der Waals surface area contributed by atoms with E-state index in [4.69, 9.17) is 13.9 Å². The third kappa shape index (κ3) is 3.01. The lowest BCUT2D eigenvalue weighted by Gasteiger charge is -1.99. The Hall–Kier alpha value is -2.57. The number of carbonyl (C=O) groups excluding carboxylic acids is 1. The predicted octanol–water partition coefficient (Wildman–Crippen LogP) is 1.46. The third-order valence-corrected chi connectivity index (χ3v) is 2.39. The van der Waals surface area contributed by atoms with Gasteiger partial charge in [-0.05, 0) is 12.1 Å². The summed E-state index contributed by atoms with van der Waals surface area (Å²) in [5, 5.41) is 11.2. The van der Waals surface area contributed by atoms with Gasteiger partial charge in [0, 0.05) is 6.42 Å². The predicted molar refractivity (Wildman–Crippen MR) is 62.7 cm³/mol. The van der Waals surface area contributed by atoms with E-state index in [-0.39, 0.29) is 18.1 Å². The summed E-state index contributed by atoms with van der Waals surface area (Å²) in [5.41, 5.74) is 0. The number of hydrogen-bond acceptors (Lipinski definition) is 5. The Morgan fingerprint density at radius 2 is 2.05 bits per heavy atom. The number of amides is 1. The summed E-state index contributed by atoms with van der Waals surface area (Å²) in [6, 6.07) is 2.52. The second-order valence-electron chi connectivity index (χ2n) is 3.73. The summed E-state index contributed by atoms with van der Waals surface area (Å²) in [4.78, 5) is 26.2. The number of carbonyl (C=O) groups is 2. The van der Waals surface area contributed by atoms with Crippen molar-refractivity contribution in [3.05, 3.63) is 41.5 Å². The molecule has 100 valence electrons. The van der Waals surface area contributed by atoms with Crippen molar-refractivity contribution >= 4 is 11.9 Å². The van der Waals surface area contributed by atoms with Crippen molar-refractivity contribution in [2.45, 2.75) is 19.9 Å². The molecular weight excluding hydrogens is 252 g/mol. The highest BCUT2D eigenvalue weighted by molar-refractivity contribution is 5.93. The number of aromatic carboxylic acids is 1. The number of carboxylic acids is 1. The first-order valence-electron chi connectivity index (χ1n) is 5.65. The van der Waals surface area contributed by atoms with Gasteiger partial charge >= 0.3 is 5.97 Å². The molecule has 19 heavy (non-hydrogen) atoms. The Morgan fingerprint density at radius 1 is 1.32 bits per heavy atom. The summed E-state index contributed by atoms with van der Waals surface area (Å²) in [6.45, 7) is 2.04. The van der Waals surface area contributed by atoms with Crippen LogP contribution in [0.15, 0.2) is 27.2 Å². The Bertz CT molecular complexity index is 599. The Labute approximate surface area is 108 Å². The SMILES string of the molecule is CCc1cnc(CNC(=O)c2ccc(C(=O)O)o2)o1. The second-order valence-corrected chi connectivity index (χ2v) is 3.73. The van der Waals surface area contributed by atoms with Gasteiger partial charge in [0.15, 0.2) is 5.76 Å². The fourth-order valence-electron chi connectivity index (χ4n) is 1.41. The average molecular weight is 264 g/mol. The van der Waals surface area contributed by atoms with E-state index in [1.165, 1.54) is 12.1 Å². The van der Waals surface area contributed by atoms with E-state index in [2.05, 4.69) is 10.3 Å². The number of hydrogen-bond donors (Lipinski definition) is 2. The molecule has 0 radical (unpaired) electrons. The molecule has 0 fully saturated rings. The van der Waals surface area contributed by atoms with Gasteiger partial charge in [-0.1, -0.05) is 6.92 Å². The molecule has 2 heterocycles. The number of nitrogens with one attached hydrogen (secondary N) is 1. The van der Waals surface area contributed by atoms with Crippen molar-refractivity contribution in [2.24, 2.45) is 0 Å². The minimum absolute atomic E-state index is 0.0697. The van der Waals surface area contributed by atoms with E-state index in [1.807, 2.05) is 6.92 Å². The fraction of sp³-hybridized carbons (Fsp3) is 0.250. The number of oxazole rings is 1. The average Bonchev–Trinajstić information content (AvgIpc) is 3.04. The Kier molecular flexibility index (Phi) is 3.65. The number of nitrogens with zero attached hydrogens (tertiary/aromatic N) is 1. The van der Waals surface area contributed by atoms with E-state index >= 15 is 0 Å². The molecule has 2 N–H and O–H groups in total. The highest BCUT2D eigenvalue weighted by Crippen LogP contribution is 2.08. The van der Waals surface area contributed by atoms with Crippen LogP contribution >= 0.6 is 0 Å². The number of aryl methyl sites for hydroxylation is 1. The van der Waals surface area contributed by atoms with Crippen molar-refractivity contribution in [1.82, 2.24) is 10.3 Å². The summed E-state index contributed by atoms with van der Waals surface area (Å²) < 4.78 is 10.2. The van der Waals surface area contributed by atoms with E-state index < -0.39 is 11.9 Å². The third-order valence-electron chi connectivity index (χ3n) is 2.39. The maximum absolute atomic E-state index is 11.7. The minimum atomic E-state index is -1.22. The van der Waals surface area contributed by atoms with Gasteiger partial charge in [-0.25, -0.2) is 9.78 Å². The molecule has 2 aromatic heterocycles. The molecule has 0 saturated carbocycles. The summed E-state index contributed by atoms with van der Waals surface area (Å²) in [5.74, 6) is -0.983. The van der Waals surface area contributed by atoms with Crippen LogP contribution < -0.4 is 5.32 Å². The molecule has 0 atom stereocenters. The van der Waals surface area contributed by atoms with Crippen LogP contribution in [-0.2, 0) is 13.0 Å². The number of aromatic nitrogens is 1. The quantitative estimate of drug-likeness (QED) is 0.846. The largest absolute Gasteiger partial charge is 0.475 e. The molecule has 0 aromatic carbocycles. The monoisotopic (exact) mass is 264 g/mol. The molecule has 0 bridgehead atoms. The normalized spacial score (nSPS) is 10.4. The summed E-state index contributed by atoms with van der Waals surface area (Å²) in [7, 11) is 0. The maximum Gasteiger partial charge on any atom is 0.371 e. The summed E-state index contributed by atoms with van der Waals surface area (Å²) in [6.07, 6.45) is 2.32. The van der Waals surface area contributed by atoms with Gasteiger partial charge in [-0.2, -0.15) is 0 Å². The van der Waals surface area contributed by atoms with E-state index in [0.717, 1.165) is 12.2 Å². The van der Waals surface area contributed by atoms with Crippen LogP contribution in [0.25, 0.3) is 0 Å². The van der Waals surface area contributed by atoms with Crippen molar-refractivity contribution < 1.29 is 23.5 Å². The van der Waals surface area contributed by atoms with Crippen LogP contribution in [-0.4, -0.2) is 22.0 Å². The fourth-order valence-corrected chi connectivity index (χ4v) is 1.41. The second kappa shape index (κ2) is 5.38. The van der Waals surface area contributed by atoms with Crippen LogP contribution in [0.3, 0.4) is 0 Å². The first kappa shape index (κ1) is 12.9. The highest BCUT2D eigenvalue weighted by Gasteiger charge is 2.15. The minimum Gasteiger partial charge on any atom is -0.475 e. The van der Waals surface area contributed by atoms with Gasteiger partial charge in [0.25, 0.3) is 5.91 Å². The smallest absolute Gasteiger partial charge is 0.371 e. The lowest BCUT2D eigenvalue weighted by molar-refractivity contribution is 0.0659. The van der Waals surface area contributed by atoms with Crippen LogP contribution in [0, 0.1) is 0 Å². The lowest BCUT2D eigenvalue weighted by Crippen LogP contribution is -2.22. The van der Waals surface area contributed by atoms with E-state index in [9.17, 15) is 9.59 Å². The zero-order chi connectivity index (χ0) is 13.8. The molecule has 7 nitrogen and oxygen atoms in total. The Morgan fingerprint density at radius 3 is 2.63 bits per heavy atom. The zero-order valence-electron chi connectivity index (χ0n) is 10.2. The van der Waals surface area contributed by atoms with Crippen LogP contribution in [0.1, 0.15) is 39.7 Å². The Balaban J connectivity index is 1.95. The standard InChI is InChI=1S/C12H12N2O5/c1-2-7-5-13-10(18-7)6-14-11(15)8-3-4-9(19-8)12(16)17/h3-5H,2,6H2,1H3,(H,14,15)(H,16,17). The lowest BCUT2D eigenvalue weighted by atomic mass is 10.4. The van der Waals surface area contributed by atoms with Gasteiger partial charge in [-0.15, -0.1) is 0 Å². The van der Waals surface area contributed by atoms with Crippen LogP contribution in [0.2, 0.25) is 0 Å². The highest BCUT2D eigenvalue weighted by atomic mass is 16.4. The van der Waals surface area contributed by atoms with Crippen LogP contribution in [0.4, 0.5) is 0 Å². The van der Waals surface area contributed by atoms with Crippen LogP contribution in [0.5, 0.6) is 0 Å². The van der Waals surface area contributed by atoms with Crippen molar-refractivity contribution in [3.63, 3.8) is 0 Å². The van der Waals surface area contributed by atoms with Gasteiger partial charge in [0.05, 0.1) is 12.7 Å². The first-order valence-corrected chi connectivity index (χ1v) is 5.65. The van der Waals surface area contributed by atoms with Crippen molar-refractivity contribution in [1.29, 1.82) is 0 Å². The molecule has 0 aliphatic rings. The molecule has 0 saturated heterocycles. The molecular formula is C12H12N2O5. The summed E-state index contributed by atoms with van der Waals surface area (Å²) >= 11 is 0. The number of carboxylic acid groups (broad SMARTS) is 1. The molecule has 0 aliphatic heterocycles. The topological polar surface area (TPSA) is 106 Å². The molecule has 0 aliphatic carbocycles.